The summed E-state index contributed by atoms with van der Waals surface area (Å²) in [6, 6.07) is 9.83. The van der Waals surface area contributed by atoms with Crippen molar-refractivity contribution in [2.24, 2.45) is 0 Å². The standard InChI is InChI=1S/C18H18N2O2S/c1-12-6-2-4-8-15(12)22-11-17(21)20-18-14(10-19)13-7-3-5-9-16(13)23-18/h2,4,6,8H,3,5,7,9,11H2,1H3,(H,20,21). The fourth-order valence-corrected chi connectivity index (χ4v) is 4.05. The first-order valence-electron chi connectivity index (χ1n) is 7.72. The molecule has 0 radical (unpaired) electrons. The predicted octanol–water partition coefficient (Wildman–Crippen LogP) is 3.82. The van der Waals surface area contributed by atoms with E-state index in [1.165, 1.54) is 16.2 Å². The number of hydrogen-bond donors (Lipinski definition) is 1. The number of aryl methyl sites for hydroxylation is 2. The van der Waals surface area contributed by atoms with E-state index < -0.39 is 0 Å². The number of rotatable bonds is 4. The SMILES string of the molecule is Cc1ccccc1OCC(=O)Nc1sc2c(c1C#N)CCCC2. The van der Waals surface area contributed by atoms with Gasteiger partial charge in [-0.1, -0.05) is 18.2 Å². The Morgan fingerprint density at radius 3 is 2.91 bits per heavy atom. The Bertz CT molecular complexity index is 774. The van der Waals surface area contributed by atoms with Crippen molar-refractivity contribution in [3.8, 4) is 11.8 Å². The second-order valence-corrected chi connectivity index (χ2v) is 6.73. The molecule has 1 aliphatic carbocycles. The number of fused-ring (bicyclic) bond motifs is 1. The smallest absolute Gasteiger partial charge is 0.262 e. The highest BCUT2D eigenvalue weighted by Gasteiger charge is 2.21. The molecule has 4 nitrogen and oxygen atoms in total. The maximum atomic E-state index is 12.1. The Labute approximate surface area is 139 Å². The zero-order chi connectivity index (χ0) is 16.2. The van der Waals surface area contributed by atoms with Crippen molar-refractivity contribution in [2.45, 2.75) is 32.6 Å². The molecule has 0 bridgehead atoms. The van der Waals surface area contributed by atoms with Gasteiger partial charge in [0.25, 0.3) is 5.91 Å². The van der Waals surface area contributed by atoms with E-state index in [4.69, 9.17) is 4.74 Å². The van der Waals surface area contributed by atoms with Crippen molar-refractivity contribution >= 4 is 22.2 Å². The Balaban J connectivity index is 1.68. The van der Waals surface area contributed by atoms with Gasteiger partial charge in [0.2, 0.25) is 0 Å². The highest BCUT2D eigenvalue weighted by atomic mass is 32.1. The van der Waals surface area contributed by atoms with Crippen molar-refractivity contribution in [1.29, 1.82) is 5.26 Å². The summed E-state index contributed by atoms with van der Waals surface area (Å²) >= 11 is 1.53. The molecule has 0 atom stereocenters. The molecular formula is C18H18N2O2S. The quantitative estimate of drug-likeness (QED) is 0.929. The molecule has 0 unspecified atom stereocenters. The van der Waals surface area contributed by atoms with Crippen molar-refractivity contribution in [3.05, 3.63) is 45.8 Å². The zero-order valence-corrected chi connectivity index (χ0v) is 13.8. The molecule has 5 heteroatoms. The summed E-state index contributed by atoms with van der Waals surface area (Å²) in [4.78, 5) is 13.4. The first-order valence-corrected chi connectivity index (χ1v) is 8.53. The van der Waals surface area contributed by atoms with Gasteiger partial charge in [0.05, 0.1) is 5.56 Å². The maximum Gasteiger partial charge on any atom is 0.262 e. The average Bonchev–Trinajstić information content (AvgIpc) is 2.91. The monoisotopic (exact) mass is 326 g/mol. The minimum absolute atomic E-state index is 0.0573. The Hall–Kier alpha value is -2.32. The number of amides is 1. The Morgan fingerprint density at radius 2 is 2.13 bits per heavy atom. The predicted molar refractivity (Wildman–Crippen MR) is 91.0 cm³/mol. The minimum Gasteiger partial charge on any atom is -0.483 e. The fourth-order valence-electron chi connectivity index (χ4n) is 2.80. The number of para-hydroxylation sites is 1. The van der Waals surface area contributed by atoms with E-state index in [-0.39, 0.29) is 12.5 Å². The van der Waals surface area contributed by atoms with Crippen LogP contribution in [0.1, 0.15) is 34.4 Å². The van der Waals surface area contributed by atoms with Gasteiger partial charge in [0.1, 0.15) is 16.8 Å². The minimum atomic E-state index is -0.233. The third kappa shape index (κ3) is 3.38. The summed E-state index contributed by atoms with van der Waals surface area (Å²) < 4.78 is 5.56. The van der Waals surface area contributed by atoms with Gasteiger partial charge in [-0.3, -0.25) is 4.79 Å². The third-order valence-electron chi connectivity index (χ3n) is 3.99. The number of nitrogens with zero attached hydrogens (tertiary/aromatic N) is 1. The molecule has 118 valence electrons. The van der Waals surface area contributed by atoms with E-state index in [2.05, 4.69) is 11.4 Å². The lowest BCUT2D eigenvalue weighted by molar-refractivity contribution is -0.118. The van der Waals surface area contributed by atoms with Crippen LogP contribution in [0.2, 0.25) is 0 Å². The lowest BCUT2D eigenvalue weighted by Gasteiger charge is -2.09. The largest absolute Gasteiger partial charge is 0.483 e. The van der Waals surface area contributed by atoms with E-state index in [9.17, 15) is 10.1 Å². The summed E-state index contributed by atoms with van der Waals surface area (Å²) in [5, 5.41) is 12.9. The van der Waals surface area contributed by atoms with Gasteiger partial charge in [-0.15, -0.1) is 11.3 Å². The molecule has 1 amide bonds. The van der Waals surface area contributed by atoms with Gasteiger partial charge in [0.15, 0.2) is 6.61 Å². The number of anilines is 1. The number of carbonyl (C=O) groups is 1. The molecular weight excluding hydrogens is 308 g/mol. The number of hydrogen-bond acceptors (Lipinski definition) is 4. The molecule has 0 aliphatic heterocycles. The van der Waals surface area contributed by atoms with Crippen LogP contribution in [-0.4, -0.2) is 12.5 Å². The van der Waals surface area contributed by atoms with E-state index in [1.807, 2.05) is 31.2 Å². The molecule has 0 saturated heterocycles. The summed E-state index contributed by atoms with van der Waals surface area (Å²) in [7, 11) is 0. The average molecular weight is 326 g/mol. The molecule has 23 heavy (non-hydrogen) atoms. The van der Waals surface area contributed by atoms with Crippen LogP contribution >= 0.6 is 11.3 Å². The third-order valence-corrected chi connectivity index (χ3v) is 5.20. The van der Waals surface area contributed by atoms with Crippen LogP contribution in [0.25, 0.3) is 0 Å². The van der Waals surface area contributed by atoms with Crippen LogP contribution < -0.4 is 10.1 Å². The van der Waals surface area contributed by atoms with Gasteiger partial charge in [-0.05, 0) is 49.8 Å². The molecule has 1 aliphatic rings. The summed E-state index contributed by atoms with van der Waals surface area (Å²) in [6.07, 6.45) is 4.21. The number of carbonyl (C=O) groups excluding carboxylic acids is 1. The molecule has 0 fully saturated rings. The fraction of sp³-hybridized carbons (Fsp3) is 0.333. The maximum absolute atomic E-state index is 12.1. The number of nitrogens with one attached hydrogen (secondary N) is 1. The summed E-state index contributed by atoms with van der Waals surface area (Å²) in [5.41, 5.74) is 2.75. The van der Waals surface area contributed by atoms with Crippen LogP contribution in [0.3, 0.4) is 0 Å². The highest BCUT2D eigenvalue weighted by molar-refractivity contribution is 7.16. The Kier molecular flexibility index (Phi) is 4.63. The number of nitriles is 1. The van der Waals surface area contributed by atoms with Gasteiger partial charge >= 0.3 is 0 Å². The van der Waals surface area contributed by atoms with Gasteiger partial charge in [-0.25, -0.2) is 0 Å². The first kappa shape index (κ1) is 15.6. The molecule has 0 saturated carbocycles. The van der Waals surface area contributed by atoms with E-state index >= 15 is 0 Å². The Morgan fingerprint density at radius 1 is 1.35 bits per heavy atom. The number of benzene rings is 1. The van der Waals surface area contributed by atoms with E-state index in [0.29, 0.717) is 16.3 Å². The molecule has 1 heterocycles. The summed E-state index contributed by atoms with van der Waals surface area (Å²) in [5.74, 6) is 0.469. The van der Waals surface area contributed by atoms with Crippen molar-refractivity contribution < 1.29 is 9.53 Å². The number of ether oxygens (including phenoxy) is 1. The second-order valence-electron chi connectivity index (χ2n) is 5.63. The van der Waals surface area contributed by atoms with E-state index in [1.54, 1.807) is 0 Å². The van der Waals surface area contributed by atoms with Crippen molar-refractivity contribution in [2.75, 3.05) is 11.9 Å². The lowest BCUT2D eigenvalue weighted by atomic mass is 9.96. The van der Waals surface area contributed by atoms with Crippen LogP contribution in [0.4, 0.5) is 5.00 Å². The van der Waals surface area contributed by atoms with Crippen LogP contribution in [-0.2, 0) is 17.6 Å². The topological polar surface area (TPSA) is 62.1 Å². The van der Waals surface area contributed by atoms with Crippen molar-refractivity contribution in [1.82, 2.24) is 0 Å². The van der Waals surface area contributed by atoms with Crippen LogP contribution in [0.15, 0.2) is 24.3 Å². The molecule has 1 aromatic heterocycles. The van der Waals surface area contributed by atoms with Gasteiger partial charge < -0.3 is 10.1 Å². The van der Waals surface area contributed by atoms with Crippen LogP contribution in [0.5, 0.6) is 5.75 Å². The molecule has 1 aromatic carbocycles. The molecule has 1 N–H and O–H groups in total. The first-order chi connectivity index (χ1) is 11.2. The van der Waals surface area contributed by atoms with Crippen LogP contribution in [0, 0.1) is 18.3 Å². The van der Waals surface area contributed by atoms with Gasteiger partial charge in [0, 0.05) is 4.88 Å². The molecule has 0 spiro atoms. The van der Waals surface area contributed by atoms with Crippen molar-refractivity contribution in [3.63, 3.8) is 0 Å². The normalized spacial score (nSPS) is 13.0. The second kappa shape index (κ2) is 6.84. The highest BCUT2D eigenvalue weighted by Crippen LogP contribution is 2.37. The zero-order valence-electron chi connectivity index (χ0n) is 13.0. The lowest BCUT2D eigenvalue weighted by Crippen LogP contribution is -2.20. The number of thiophene rings is 1. The summed E-state index contributed by atoms with van der Waals surface area (Å²) in [6.45, 7) is 1.88. The molecule has 2 aromatic rings. The van der Waals surface area contributed by atoms with E-state index in [0.717, 1.165) is 36.8 Å². The molecule has 3 rings (SSSR count). The van der Waals surface area contributed by atoms with Gasteiger partial charge in [-0.2, -0.15) is 5.26 Å².